The minimum atomic E-state index is -1.50. The maximum atomic E-state index is 11.5. The Morgan fingerprint density at radius 3 is 1.21 bits per heavy atom. The lowest BCUT2D eigenvalue weighted by Gasteiger charge is -2.40. The van der Waals surface area contributed by atoms with Crippen LogP contribution in [0.15, 0.2) is 84.9 Å². The van der Waals surface area contributed by atoms with Crippen LogP contribution in [0.3, 0.4) is 0 Å². The first-order chi connectivity index (χ1) is 29.8. The molecule has 0 amide bonds. The number of hydrogen-bond donors (Lipinski definition) is 10. The van der Waals surface area contributed by atoms with Crippen molar-refractivity contribution in [3.63, 3.8) is 0 Å². The van der Waals surface area contributed by atoms with Crippen LogP contribution in [0, 0.1) is 0 Å². The van der Waals surface area contributed by atoms with E-state index in [-0.39, 0.29) is 25.7 Å². The standard InChI is InChI=1S/C48H58O14/c49-25-39-45(57)47(59)43(55)37(61-39)23-33-15-13-27(19-35(33)31-11-5-9-29(17-31)21-41(51)52)7-3-1-2-4-8-28-14-16-34(24-38-44(56)48(60)46(58)40(26-50)62-38)36(20-28)32-12-6-10-30(18-32)22-42(53)54/h5-6,9-20,37-40,43-50,55-60H,1-4,7-8,21-26H2,(H,51,52)(H,53,54)/t37-,38-,39-,40-,43-,44-,45-,46-,47-,48-/m1/s1. The maximum Gasteiger partial charge on any atom is 0.307 e. The third kappa shape index (κ3) is 11.7. The fourth-order valence-corrected chi connectivity index (χ4v) is 8.64. The van der Waals surface area contributed by atoms with E-state index in [1.165, 1.54) is 0 Å². The lowest BCUT2D eigenvalue weighted by molar-refractivity contribution is -0.228. The number of benzene rings is 4. The van der Waals surface area contributed by atoms with E-state index in [0.29, 0.717) is 11.1 Å². The van der Waals surface area contributed by atoms with Crippen LogP contribution in [0.25, 0.3) is 22.3 Å². The number of hydrogen-bond acceptors (Lipinski definition) is 12. The smallest absolute Gasteiger partial charge is 0.307 e. The van der Waals surface area contributed by atoms with Crippen LogP contribution in [0.5, 0.6) is 0 Å². The molecule has 4 aromatic carbocycles. The number of rotatable bonds is 19. The van der Waals surface area contributed by atoms with Crippen molar-refractivity contribution in [1.29, 1.82) is 0 Å². The number of aliphatic hydroxyl groups is 8. The molecule has 0 unspecified atom stereocenters. The number of aryl methyl sites for hydroxylation is 2. The van der Waals surface area contributed by atoms with Crippen LogP contribution >= 0.6 is 0 Å². The van der Waals surface area contributed by atoms with Gasteiger partial charge in [0.1, 0.15) is 48.8 Å². The fraction of sp³-hybridized carbons (Fsp3) is 0.458. The van der Waals surface area contributed by atoms with E-state index < -0.39 is 86.2 Å². The van der Waals surface area contributed by atoms with E-state index in [1.807, 2.05) is 48.5 Å². The van der Waals surface area contributed by atoms with Crippen molar-refractivity contribution < 1.29 is 70.1 Å². The second kappa shape index (κ2) is 21.7. The molecule has 334 valence electrons. The number of aliphatic hydroxyl groups excluding tert-OH is 8. The quantitative estimate of drug-likeness (QED) is 0.0609. The Kier molecular flexibility index (Phi) is 16.4. The third-order valence-electron chi connectivity index (χ3n) is 12.0. The van der Waals surface area contributed by atoms with Crippen molar-refractivity contribution in [3.8, 4) is 22.3 Å². The summed E-state index contributed by atoms with van der Waals surface area (Å²) in [4.78, 5) is 23.0. The van der Waals surface area contributed by atoms with Crippen LogP contribution in [-0.4, -0.2) is 137 Å². The van der Waals surface area contributed by atoms with Gasteiger partial charge in [-0.2, -0.15) is 0 Å². The van der Waals surface area contributed by atoms with E-state index in [9.17, 15) is 60.7 Å². The molecule has 2 heterocycles. The molecule has 14 heteroatoms. The summed E-state index contributed by atoms with van der Waals surface area (Å²) in [6, 6.07) is 26.5. The molecule has 4 aromatic rings. The van der Waals surface area contributed by atoms with Gasteiger partial charge in [0.25, 0.3) is 0 Å². The number of unbranched alkanes of at least 4 members (excludes halogenated alkanes) is 3. The van der Waals surface area contributed by atoms with Gasteiger partial charge in [0, 0.05) is 12.8 Å². The zero-order valence-electron chi connectivity index (χ0n) is 34.4. The molecule has 0 radical (unpaired) electrons. The van der Waals surface area contributed by atoms with Gasteiger partial charge in [-0.1, -0.05) is 97.8 Å². The second-order valence-corrected chi connectivity index (χ2v) is 16.6. The van der Waals surface area contributed by atoms with E-state index >= 15 is 0 Å². The highest BCUT2D eigenvalue weighted by Gasteiger charge is 2.44. The summed E-state index contributed by atoms with van der Waals surface area (Å²) < 4.78 is 11.6. The highest BCUT2D eigenvalue weighted by molar-refractivity contribution is 5.74. The summed E-state index contributed by atoms with van der Waals surface area (Å²) in [6.45, 7) is -1.06. The molecule has 0 bridgehead atoms. The van der Waals surface area contributed by atoms with Gasteiger partial charge in [0.15, 0.2) is 0 Å². The molecule has 6 rings (SSSR count). The third-order valence-corrected chi connectivity index (χ3v) is 12.0. The molecule has 0 saturated carbocycles. The minimum absolute atomic E-state index is 0.150. The van der Waals surface area contributed by atoms with E-state index in [2.05, 4.69) is 12.1 Å². The van der Waals surface area contributed by atoms with Gasteiger partial charge in [0.05, 0.1) is 38.3 Å². The van der Waals surface area contributed by atoms with Gasteiger partial charge in [-0.25, -0.2) is 0 Å². The van der Waals surface area contributed by atoms with Crippen molar-refractivity contribution in [3.05, 3.63) is 118 Å². The van der Waals surface area contributed by atoms with Crippen LogP contribution in [0.2, 0.25) is 0 Å². The molecule has 2 saturated heterocycles. The van der Waals surface area contributed by atoms with Crippen LogP contribution in [0.4, 0.5) is 0 Å². The Balaban J connectivity index is 1.13. The monoisotopic (exact) mass is 858 g/mol. The Labute approximate surface area is 360 Å². The largest absolute Gasteiger partial charge is 0.481 e. The molecule has 14 nitrogen and oxygen atoms in total. The predicted octanol–water partition coefficient (Wildman–Crippen LogP) is 2.39. The minimum Gasteiger partial charge on any atom is -0.481 e. The number of ether oxygens (including phenoxy) is 2. The van der Waals surface area contributed by atoms with Gasteiger partial charge in [0.2, 0.25) is 0 Å². The van der Waals surface area contributed by atoms with Crippen molar-refractivity contribution >= 4 is 11.9 Å². The zero-order valence-corrected chi connectivity index (χ0v) is 34.4. The molecule has 10 atom stereocenters. The first kappa shape index (κ1) is 46.9. The van der Waals surface area contributed by atoms with Gasteiger partial charge in [-0.15, -0.1) is 0 Å². The molecule has 2 aliphatic rings. The summed E-state index contributed by atoms with van der Waals surface area (Å²) in [6.07, 6.45) is -7.35. The second-order valence-electron chi connectivity index (χ2n) is 16.6. The normalized spacial score (nSPS) is 26.3. The van der Waals surface area contributed by atoms with Gasteiger partial charge in [-0.3, -0.25) is 9.59 Å². The SMILES string of the molecule is O=C(O)Cc1cccc(-c2cc(CCCCCCc3ccc(C[C@H]4O[C@H](CO)[C@@H](O)[C@H](O)[C@@H]4O)c(-c4cccc(CC(=O)O)c4)c3)ccc2C[C@H]2O[C@H](CO)[C@@H](O)[C@H](O)[C@@H]2O)c1. The van der Waals surface area contributed by atoms with Gasteiger partial charge < -0.3 is 60.5 Å². The molecular weight excluding hydrogens is 801 g/mol. The summed E-state index contributed by atoms with van der Waals surface area (Å²) in [5, 5.41) is 101. The molecule has 2 fully saturated rings. The van der Waals surface area contributed by atoms with Crippen molar-refractivity contribution in [2.45, 2.75) is 125 Å². The summed E-state index contributed by atoms with van der Waals surface area (Å²) >= 11 is 0. The number of carbonyl (C=O) groups is 2. The topological polar surface area (TPSA) is 255 Å². The fourth-order valence-electron chi connectivity index (χ4n) is 8.64. The van der Waals surface area contributed by atoms with Crippen molar-refractivity contribution in [2.24, 2.45) is 0 Å². The summed E-state index contributed by atoms with van der Waals surface area (Å²) in [7, 11) is 0. The highest BCUT2D eigenvalue weighted by atomic mass is 16.6. The molecule has 10 N–H and O–H groups in total. The number of carboxylic acids is 2. The van der Waals surface area contributed by atoms with Crippen LogP contribution in [0.1, 0.15) is 59.1 Å². The summed E-state index contributed by atoms with van der Waals surface area (Å²) in [5.41, 5.74) is 8.18. The lowest BCUT2D eigenvalue weighted by atomic mass is 9.87. The van der Waals surface area contributed by atoms with Gasteiger partial charge >= 0.3 is 11.9 Å². The van der Waals surface area contributed by atoms with E-state index in [1.54, 1.807) is 24.3 Å². The Bertz CT molecular complexity index is 1970. The lowest BCUT2D eigenvalue weighted by Crippen LogP contribution is -2.59. The predicted molar refractivity (Wildman–Crippen MR) is 227 cm³/mol. The van der Waals surface area contributed by atoms with E-state index in [4.69, 9.17) is 9.47 Å². The average Bonchev–Trinajstić information content (AvgIpc) is 3.25. The zero-order chi connectivity index (χ0) is 44.5. The molecule has 0 aliphatic carbocycles. The highest BCUT2D eigenvalue weighted by Crippen LogP contribution is 2.33. The van der Waals surface area contributed by atoms with Crippen LogP contribution in [-0.2, 0) is 57.6 Å². The number of aliphatic carboxylic acids is 2. The maximum absolute atomic E-state index is 11.5. The first-order valence-electron chi connectivity index (χ1n) is 21.2. The molecule has 0 spiro atoms. The Morgan fingerprint density at radius 2 is 0.839 bits per heavy atom. The molecule has 62 heavy (non-hydrogen) atoms. The number of carboxylic acid groups (broad SMARTS) is 2. The molecule has 2 aliphatic heterocycles. The van der Waals surface area contributed by atoms with E-state index in [0.717, 1.165) is 83.0 Å². The Hall–Kier alpha value is -4.58. The Morgan fingerprint density at radius 1 is 0.452 bits per heavy atom. The average molecular weight is 859 g/mol. The molecule has 0 aromatic heterocycles. The molecular formula is C48H58O14. The van der Waals surface area contributed by atoms with Crippen molar-refractivity contribution in [1.82, 2.24) is 0 Å². The summed E-state index contributed by atoms with van der Waals surface area (Å²) in [5.74, 6) is -1.91. The van der Waals surface area contributed by atoms with Crippen LogP contribution < -0.4 is 0 Å². The first-order valence-corrected chi connectivity index (χ1v) is 21.2. The van der Waals surface area contributed by atoms with Crippen molar-refractivity contribution in [2.75, 3.05) is 13.2 Å². The van der Waals surface area contributed by atoms with Gasteiger partial charge in [-0.05, 0) is 81.3 Å².